The zero-order chi connectivity index (χ0) is 10.8. The minimum Gasteiger partial charge on any atom is -0.481 e. The third-order valence-electron chi connectivity index (χ3n) is 2.60. The first kappa shape index (κ1) is 11.5. The topological polar surface area (TPSA) is 58.6 Å². The van der Waals surface area contributed by atoms with Crippen molar-refractivity contribution in [1.82, 2.24) is 5.32 Å². The van der Waals surface area contributed by atoms with Gasteiger partial charge in [-0.1, -0.05) is 6.92 Å². The van der Waals surface area contributed by atoms with E-state index in [2.05, 4.69) is 12.2 Å². The molecule has 1 heterocycles. The van der Waals surface area contributed by atoms with Crippen molar-refractivity contribution in [2.75, 3.05) is 26.3 Å². The average molecular weight is 201 g/mol. The second-order valence-electron chi connectivity index (χ2n) is 5.10. The van der Waals surface area contributed by atoms with Crippen LogP contribution in [0.2, 0.25) is 0 Å². The van der Waals surface area contributed by atoms with Crippen LogP contribution in [0.15, 0.2) is 0 Å². The Morgan fingerprint density at radius 1 is 1.57 bits per heavy atom. The molecule has 2 N–H and O–H groups in total. The Kier molecular flexibility index (Phi) is 3.17. The van der Waals surface area contributed by atoms with E-state index < -0.39 is 11.4 Å². The van der Waals surface area contributed by atoms with Gasteiger partial charge in [-0.15, -0.1) is 0 Å². The molecule has 14 heavy (non-hydrogen) atoms. The monoisotopic (exact) mass is 201 g/mol. The molecule has 0 aromatic rings. The highest BCUT2D eigenvalue weighted by atomic mass is 16.5. The summed E-state index contributed by atoms with van der Waals surface area (Å²) in [6.07, 6.45) is 0. The molecular weight excluding hydrogens is 182 g/mol. The molecule has 0 radical (unpaired) electrons. The van der Waals surface area contributed by atoms with Crippen LogP contribution in [0.1, 0.15) is 20.8 Å². The molecule has 0 bridgehead atoms. The Morgan fingerprint density at radius 2 is 2.14 bits per heavy atom. The van der Waals surface area contributed by atoms with Crippen LogP contribution >= 0.6 is 0 Å². The summed E-state index contributed by atoms with van der Waals surface area (Å²) < 4.78 is 5.11. The number of hydrogen-bond acceptors (Lipinski definition) is 3. The number of rotatable bonds is 5. The standard InChI is InChI=1S/C10H19NO3/c1-9(2,8(12)13)4-11-5-10(3)6-14-7-10/h11H,4-7H2,1-3H3,(H,12,13). The molecule has 0 unspecified atom stereocenters. The summed E-state index contributed by atoms with van der Waals surface area (Å²) in [5.41, 5.74) is -0.491. The van der Waals surface area contributed by atoms with Crippen molar-refractivity contribution >= 4 is 5.97 Å². The lowest BCUT2D eigenvalue weighted by atomic mass is 9.87. The van der Waals surface area contributed by atoms with Gasteiger partial charge in [-0.3, -0.25) is 4.79 Å². The Hall–Kier alpha value is -0.610. The smallest absolute Gasteiger partial charge is 0.310 e. The van der Waals surface area contributed by atoms with Crippen molar-refractivity contribution in [1.29, 1.82) is 0 Å². The highest BCUT2D eigenvalue weighted by Crippen LogP contribution is 2.25. The molecule has 1 aliphatic rings. The molecule has 1 saturated heterocycles. The SMILES string of the molecule is CC1(CNCC(C)(C)C(=O)O)COC1. The summed E-state index contributed by atoms with van der Waals surface area (Å²) in [4.78, 5) is 10.8. The molecule has 0 saturated carbocycles. The summed E-state index contributed by atoms with van der Waals surface area (Å²) in [5.74, 6) is -0.764. The Bertz CT molecular complexity index is 221. The summed E-state index contributed by atoms with van der Waals surface area (Å²) in [6, 6.07) is 0. The molecule has 0 spiro atoms. The zero-order valence-corrected chi connectivity index (χ0v) is 9.09. The number of hydrogen-bond donors (Lipinski definition) is 2. The van der Waals surface area contributed by atoms with Gasteiger partial charge in [0.15, 0.2) is 0 Å². The van der Waals surface area contributed by atoms with E-state index in [1.165, 1.54) is 0 Å². The Morgan fingerprint density at radius 3 is 2.50 bits per heavy atom. The van der Waals surface area contributed by atoms with Gasteiger partial charge in [-0.2, -0.15) is 0 Å². The molecule has 0 aliphatic carbocycles. The molecule has 1 rings (SSSR count). The first-order valence-corrected chi connectivity index (χ1v) is 4.88. The van der Waals surface area contributed by atoms with Gasteiger partial charge in [0.2, 0.25) is 0 Å². The van der Waals surface area contributed by atoms with Crippen molar-refractivity contribution in [3.8, 4) is 0 Å². The van der Waals surface area contributed by atoms with Gasteiger partial charge in [0.1, 0.15) is 0 Å². The van der Waals surface area contributed by atoms with Crippen LogP contribution in [0.5, 0.6) is 0 Å². The highest BCUT2D eigenvalue weighted by Gasteiger charge is 2.34. The highest BCUT2D eigenvalue weighted by molar-refractivity contribution is 5.73. The molecule has 0 aromatic heterocycles. The van der Waals surface area contributed by atoms with Crippen LogP contribution < -0.4 is 5.32 Å². The fourth-order valence-electron chi connectivity index (χ4n) is 1.30. The summed E-state index contributed by atoms with van der Waals surface area (Å²) >= 11 is 0. The zero-order valence-electron chi connectivity index (χ0n) is 9.09. The number of ether oxygens (including phenoxy) is 1. The number of carbonyl (C=O) groups is 1. The lowest BCUT2D eigenvalue weighted by molar-refractivity contribution is -0.147. The largest absolute Gasteiger partial charge is 0.481 e. The lowest BCUT2D eigenvalue weighted by Gasteiger charge is -2.38. The first-order valence-electron chi connectivity index (χ1n) is 4.88. The van der Waals surface area contributed by atoms with Crippen LogP contribution in [-0.4, -0.2) is 37.4 Å². The maximum atomic E-state index is 10.8. The van der Waals surface area contributed by atoms with Gasteiger partial charge >= 0.3 is 5.97 Å². The molecular formula is C10H19NO3. The Labute approximate surface area is 84.6 Å². The summed E-state index contributed by atoms with van der Waals surface area (Å²) in [7, 11) is 0. The number of aliphatic carboxylic acids is 1. The minimum absolute atomic E-state index is 0.203. The molecule has 82 valence electrons. The second kappa shape index (κ2) is 3.87. The minimum atomic E-state index is -0.764. The van der Waals surface area contributed by atoms with Crippen molar-refractivity contribution < 1.29 is 14.6 Å². The van der Waals surface area contributed by atoms with E-state index in [0.717, 1.165) is 19.8 Å². The number of carboxylic acids is 1. The molecule has 1 aliphatic heterocycles. The van der Waals surface area contributed by atoms with E-state index in [4.69, 9.17) is 9.84 Å². The van der Waals surface area contributed by atoms with E-state index in [0.29, 0.717) is 6.54 Å². The quantitative estimate of drug-likeness (QED) is 0.688. The molecule has 4 heteroatoms. The van der Waals surface area contributed by atoms with E-state index >= 15 is 0 Å². The van der Waals surface area contributed by atoms with Crippen molar-refractivity contribution in [3.05, 3.63) is 0 Å². The van der Waals surface area contributed by atoms with E-state index in [1.54, 1.807) is 13.8 Å². The van der Waals surface area contributed by atoms with Crippen molar-refractivity contribution in [3.63, 3.8) is 0 Å². The summed E-state index contributed by atoms with van der Waals surface area (Å²) in [5, 5.41) is 12.1. The van der Waals surface area contributed by atoms with Gasteiger partial charge in [0.25, 0.3) is 0 Å². The van der Waals surface area contributed by atoms with Crippen molar-refractivity contribution in [2.45, 2.75) is 20.8 Å². The molecule has 4 nitrogen and oxygen atoms in total. The first-order chi connectivity index (χ1) is 6.36. The van der Waals surface area contributed by atoms with Crippen LogP contribution in [0.3, 0.4) is 0 Å². The van der Waals surface area contributed by atoms with Crippen LogP contribution in [0.25, 0.3) is 0 Å². The fourth-order valence-corrected chi connectivity index (χ4v) is 1.30. The number of carboxylic acid groups (broad SMARTS) is 1. The van der Waals surface area contributed by atoms with Gasteiger partial charge in [0.05, 0.1) is 18.6 Å². The average Bonchev–Trinajstić information content (AvgIpc) is 2.00. The van der Waals surface area contributed by atoms with Crippen molar-refractivity contribution in [2.24, 2.45) is 10.8 Å². The summed E-state index contributed by atoms with van der Waals surface area (Å²) in [6.45, 7) is 8.45. The van der Waals surface area contributed by atoms with Crippen LogP contribution in [0.4, 0.5) is 0 Å². The lowest BCUT2D eigenvalue weighted by Crippen LogP contribution is -2.49. The predicted molar refractivity (Wildman–Crippen MR) is 53.2 cm³/mol. The third kappa shape index (κ3) is 2.69. The van der Waals surface area contributed by atoms with Gasteiger partial charge in [0, 0.05) is 18.5 Å². The van der Waals surface area contributed by atoms with E-state index in [9.17, 15) is 4.79 Å². The molecule has 1 fully saturated rings. The van der Waals surface area contributed by atoms with E-state index in [-0.39, 0.29) is 5.41 Å². The number of nitrogens with one attached hydrogen (secondary N) is 1. The van der Waals surface area contributed by atoms with Crippen LogP contribution in [0, 0.1) is 10.8 Å². The third-order valence-corrected chi connectivity index (χ3v) is 2.60. The predicted octanol–water partition coefficient (Wildman–Crippen LogP) is 0.723. The molecule has 0 amide bonds. The normalized spacial score (nSPS) is 20.2. The second-order valence-corrected chi connectivity index (χ2v) is 5.10. The van der Waals surface area contributed by atoms with Gasteiger partial charge in [-0.25, -0.2) is 0 Å². The van der Waals surface area contributed by atoms with Crippen LogP contribution in [-0.2, 0) is 9.53 Å². The van der Waals surface area contributed by atoms with Gasteiger partial charge in [-0.05, 0) is 13.8 Å². The van der Waals surface area contributed by atoms with Gasteiger partial charge < -0.3 is 15.2 Å². The Balaban J connectivity index is 2.23. The molecule has 0 atom stereocenters. The maximum Gasteiger partial charge on any atom is 0.310 e. The fraction of sp³-hybridized carbons (Fsp3) is 0.900. The maximum absolute atomic E-state index is 10.8. The van der Waals surface area contributed by atoms with E-state index in [1.807, 2.05) is 0 Å². The molecule has 0 aromatic carbocycles.